The summed E-state index contributed by atoms with van der Waals surface area (Å²) in [5.41, 5.74) is 0. The molecular weight excluding hydrogens is 336 g/mol. The average molecular weight is 367 g/mol. The van der Waals surface area contributed by atoms with Crippen LogP contribution in [0.1, 0.15) is 12.8 Å². The first-order chi connectivity index (χ1) is 13.9. The number of allylic oxidation sites excluding steroid dienone is 16. The molecule has 2 fully saturated rings. The lowest BCUT2D eigenvalue weighted by atomic mass is 9.75. The van der Waals surface area contributed by atoms with Crippen LogP contribution in [0, 0.1) is 59.2 Å². The minimum absolute atomic E-state index is 0.709. The molecule has 0 aromatic rings. The Labute approximate surface area is 169 Å². The summed E-state index contributed by atoms with van der Waals surface area (Å²) in [5.74, 6) is 7.32. The highest BCUT2D eigenvalue weighted by molar-refractivity contribution is 5.30. The summed E-state index contributed by atoms with van der Waals surface area (Å²) in [6.07, 6.45) is 41.0. The van der Waals surface area contributed by atoms with Crippen molar-refractivity contribution >= 4 is 0 Å². The third kappa shape index (κ3) is 2.50. The molecule has 0 N–H and O–H groups in total. The van der Waals surface area contributed by atoms with E-state index in [1.54, 1.807) is 0 Å². The third-order valence-corrected chi connectivity index (χ3v) is 8.59. The van der Waals surface area contributed by atoms with Gasteiger partial charge in [-0.25, -0.2) is 0 Å². The smallest absolute Gasteiger partial charge is 0.00956 e. The van der Waals surface area contributed by atoms with Crippen molar-refractivity contribution in [3.8, 4) is 0 Å². The van der Waals surface area contributed by atoms with E-state index in [4.69, 9.17) is 0 Å². The van der Waals surface area contributed by atoms with E-state index in [1.807, 2.05) is 0 Å². The van der Waals surface area contributed by atoms with Crippen molar-refractivity contribution in [2.75, 3.05) is 0 Å². The summed E-state index contributed by atoms with van der Waals surface area (Å²) in [6, 6.07) is 0. The number of hydrogen-bond donors (Lipinski definition) is 0. The number of rotatable bonds is 3. The molecule has 6 aliphatic rings. The van der Waals surface area contributed by atoms with Crippen LogP contribution < -0.4 is 0 Å². The summed E-state index contributed by atoms with van der Waals surface area (Å²) >= 11 is 0. The van der Waals surface area contributed by atoms with E-state index in [1.165, 1.54) is 12.8 Å². The Hall–Kier alpha value is -2.08. The zero-order valence-electron chi connectivity index (χ0n) is 16.4. The molecule has 0 radical (unpaired) electrons. The van der Waals surface area contributed by atoms with E-state index in [2.05, 4.69) is 97.2 Å². The van der Waals surface area contributed by atoms with Crippen LogP contribution in [-0.2, 0) is 0 Å². The van der Waals surface area contributed by atoms with Crippen LogP contribution in [0.2, 0.25) is 0 Å². The van der Waals surface area contributed by atoms with Gasteiger partial charge in [-0.2, -0.15) is 0 Å². The van der Waals surface area contributed by atoms with Crippen LogP contribution in [-0.4, -0.2) is 0 Å². The molecule has 10 atom stereocenters. The highest BCUT2D eigenvalue weighted by Crippen LogP contribution is 2.56. The second kappa shape index (κ2) is 6.76. The van der Waals surface area contributed by atoms with Crippen molar-refractivity contribution in [2.45, 2.75) is 12.8 Å². The molecule has 0 bridgehead atoms. The van der Waals surface area contributed by atoms with E-state index >= 15 is 0 Å². The van der Waals surface area contributed by atoms with Crippen LogP contribution in [0.3, 0.4) is 0 Å². The zero-order chi connectivity index (χ0) is 18.5. The molecule has 6 aliphatic carbocycles. The second-order valence-corrected chi connectivity index (χ2v) is 9.60. The minimum atomic E-state index is 0.709. The number of hydrogen-bond acceptors (Lipinski definition) is 0. The van der Waals surface area contributed by atoms with Gasteiger partial charge in [0.2, 0.25) is 0 Å². The molecule has 6 rings (SSSR count). The van der Waals surface area contributed by atoms with Gasteiger partial charge in [-0.15, -0.1) is 0 Å². The fraction of sp³-hybridized carbons (Fsp3) is 0.429. The third-order valence-electron chi connectivity index (χ3n) is 8.59. The molecule has 2 saturated carbocycles. The molecule has 0 aliphatic heterocycles. The van der Waals surface area contributed by atoms with Gasteiger partial charge in [-0.05, 0) is 72.0 Å². The van der Waals surface area contributed by atoms with E-state index in [9.17, 15) is 0 Å². The van der Waals surface area contributed by atoms with E-state index in [0.29, 0.717) is 23.7 Å². The molecule has 0 saturated heterocycles. The normalized spacial score (nSPS) is 46.6. The standard InChI is InChI=1S/C28H30/c1-5-13-23-19(9-1)20-10-2-6-14-24(20)27(23)17-18-28-25-15-7-3-11-21(25)22-12-4-8-16-26(22)28/h1-16,19-28H,17-18H2/t19-,20+,21-,22+,23-,24-,25-,26+,27?,28?/m1/s1. The van der Waals surface area contributed by atoms with Gasteiger partial charge in [0.15, 0.2) is 0 Å². The van der Waals surface area contributed by atoms with Gasteiger partial charge < -0.3 is 0 Å². The van der Waals surface area contributed by atoms with Gasteiger partial charge in [-0.1, -0.05) is 97.2 Å². The maximum Gasteiger partial charge on any atom is -0.00956 e. The van der Waals surface area contributed by atoms with Gasteiger partial charge in [-0.3, -0.25) is 0 Å². The van der Waals surface area contributed by atoms with Crippen molar-refractivity contribution in [3.63, 3.8) is 0 Å². The summed E-state index contributed by atoms with van der Waals surface area (Å²) in [5, 5.41) is 0. The molecule has 0 aromatic heterocycles. The summed E-state index contributed by atoms with van der Waals surface area (Å²) in [7, 11) is 0. The fourth-order valence-corrected chi connectivity index (χ4v) is 7.49. The lowest BCUT2D eigenvalue weighted by Gasteiger charge is -2.29. The second-order valence-electron chi connectivity index (χ2n) is 9.60. The monoisotopic (exact) mass is 366 g/mol. The predicted octanol–water partition coefficient (Wildman–Crippen LogP) is 6.46. The quantitative estimate of drug-likeness (QED) is 0.538. The highest BCUT2D eigenvalue weighted by Gasteiger charge is 2.50. The van der Waals surface area contributed by atoms with Gasteiger partial charge >= 0.3 is 0 Å². The first-order valence-corrected chi connectivity index (χ1v) is 11.3. The van der Waals surface area contributed by atoms with Crippen molar-refractivity contribution in [3.05, 3.63) is 97.2 Å². The SMILES string of the molecule is C1=C[C@@H]2[C@@H]3C=CC=C[C@@H]3C(CCC3[C@@H]4C=CC=C[C@@H]4[C@@H]4C=CC=C[C@@H]34)[C@@H]2C=C1. The lowest BCUT2D eigenvalue weighted by molar-refractivity contribution is 0.272. The van der Waals surface area contributed by atoms with Crippen LogP contribution in [0.4, 0.5) is 0 Å². The molecule has 0 heterocycles. The van der Waals surface area contributed by atoms with E-state index in [-0.39, 0.29) is 0 Å². The Morgan fingerprint density at radius 3 is 0.750 bits per heavy atom. The Kier molecular flexibility index (Phi) is 4.07. The van der Waals surface area contributed by atoms with Gasteiger partial charge in [0, 0.05) is 0 Å². The Balaban J connectivity index is 1.25. The Morgan fingerprint density at radius 1 is 0.286 bits per heavy atom. The molecule has 0 heteroatoms. The van der Waals surface area contributed by atoms with Crippen molar-refractivity contribution in [1.82, 2.24) is 0 Å². The van der Waals surface area contributed by atoms with Crippen LogP contribution in [0.5, 0.6) is 0 Å². The summed E-state index contributed by atoms with van der Waals surface area (Å²) in [4.78, 5) is 0. The first kappa shape index (κ1) is 16.8. The van der Waals surface area contributed by atoms with Crippen LogP contribution in [0.25, 0.3) is 0 Å². The molecular formula is C28H30. The van der Waals surface area contributed by atoms with E-state index in [0.717, 1.165) is 35.5 Å². The maximum atomic E-state index is 2.52. The highest BCUT2D eigenvalue weighted by atomic mass is 14.5. The first-order valence-electron chi connectivity index (χ1n) is 11.3. The van der Waals surface area contributed by atoms with Gasteiger partial charge in [0.1, 0.15) is 0 Å². The fourth-order valence-electron chi connectivity index (χ4n) is 7.49. The van der Waals surface area contributed by atoms with Gasteiger partial charge in [0.05, 0.1) is 0 Å². The van der Waals surface area contributed by atoms with Crippen molar-refractivity contribution in [1.29, 1.82) is 0 Å². The Morgan fingerprint density at radius 2 is 0.500 bits per heavy atom. The molecule has 0 nitrogen and oxygen atoms in total. The van der Waals surface area contributed by atoms with Gasteiger partial charge in [0.25, 0.3) is 0 Å². The zero-order valence-corrected chi connectivity index (χ0v) is 16.4. The molecule has 28 heavy (non-hydrogen) atoms. The van der Waals surface area contributed by atoms with Crippen molar-refractivity contribution < 1.29 is 0 Å². The Bertz CT molecular complexity index is 716. The minimum Gasteiger partial charge on any atom is -0.0805 e. The van der Waals surface area contributed by atoms with E-state index < -0.39 is 0 Å². The largest absolute Gasteiger partial charge is 0.0805 e. The number of fused-ring (bicyclic) bond motifs is 6. The van der Waals surface area contributed by atoms with Crippen molar-refractivity contribution in [2.24, 2.45) is 59.2 Å². The molecule has 0 spiro atoms. The molecule has 2 unspecified atom stereocenters. The topological polar surface area (TPSA) is 0 Å². The summed E-state index contributed by atoms with van der Waals surface area (Å²) < 4.78 is 0. The summed E-state index contributed by atoms with van der Waals surface area (Å²) in [6.45, 7) is 0. The maximum absolute atomic E-state index is 2.52. The molecule has 0 amide bonds. The van der Waals surface area contributed by atoms with Crippen LogP contribution in [0.15, 0.2) is 97.2 Å². The molecule has 0 aromatic carbocycles. The average Bonchev–Trinajstić information content (AvgIpc) is 3.26. The predicted molar refractivity (Wildman–Crippen MR) is 117 cm³/mol. The molecule has 142 valence electrons. The lowest BCUT2D eigenvalue weighted by Crippen LogP contribution is -2.21. The van der Waals surface area contributed by atoms with Crippen LogP contribution >= 0.6 is 0 Å².